The van der Waals surface area contributed by atoms with E-state index in [1.165, 1.54) is 10.4 Å². The van der Waals surface area contributed by atoms with Gasteiger partial charge < -0.3 is 18.6 Å². The minimum atomic E-state index is -2.73. The van der Waals surface area contributed by atoms with Crippen LogP contribution < -0.4 is 10.4 Å². The zero-order valence-corrected chi connectivity index (χ0v) is 21.1. The molecule has 0 bridgehead atoms. The van der Waals surface area contributed by atoms with Crippen LogP contribution in [-0.4, -0.2) is 38.2 Å². The molecule has 2 heterocycles. The number of benzene rings is 2. The number of ether oxygens (including phenoxy) is 3. The third-order valence-electron chi connectivity index (χ3n) is 7.51. The molecule has 1 saturated carbocycles. The van der Waals surface area contributed by atoms with Gasteiger partial charge in [-0.25, -0.2) is 0 Å². The van der Waals surface area contributed by atoms with Gasteiger partial charge in [-0.05, 0) is 41.6 Å². The molecule has 5 rings (SSSR count). The van der Waals surface area contributed by atoms with Crippen molar-refractivity contribution < 1.29 is 18.6 Å². The van der Waals surface area contributed by atoms with Gasteiger partial charge in [-0.3, -0.25) is 0 Å². The molecule has 3 aliphatic rings. The molecule has 5 atom stereocenters. The van der Waals surface area contributed by atoms with Crippen LogP contribution >= 0.6 is 0 Å². The maximum Gasteiger partial charge on any atom is 0.261 e. The molecule has 0 radical (unpaired) electrons. The maximum atomic E-state index is 7.56. The minimum Gasteiger partial charge on any atom is -0.399 e. The minimum absolute atomic E-state index is 0.0967. The van der Waals surface area contributed by atoms with Crippen LogP contribution in [0, 0.1) is 5.92 Å². The molecule has 172 valence electrons. The largest absolute Gasteiger partial charge is 0.399 e. The lowest BCUT2D eigenvalue weighted by Gasteiger charge is -2.46. The number of rotatable bonds is 5. The molecule has 2 aliphatic heterocycles. The van der Waals surface area contributed by atoms with E-state index in [0.29, 0.717) is 5.92 Å². The number of fused-ring (bicyclic) bond motifs is 1. The van der Waals surface area contributed by atoms with Crippen LogP contribution in [0.4, 0.5) is 0 Å². The molecule has 0 N–H and O–H groups in total. The van der Waals surface area contributed by atoms with Crippen molar-refractivity contribution >= 4 is 18.7 Å². The first kappa shape index (κ1) is 22.3. The Hall–Kier alpha value is -1.50. The fourth-order valence-corrected chi connectivity index (χ4v) is 10.7. The van der Waals surface area contributed by atoms with Crippen LogP contribution in [0.3, 0.4) is 0 Å². The first-order chi connectivity index (χ1) is 15.1. The van der Waals surface area contributed by atoms with Crippen LogP contribution in [0.1, 0.15) is 54.4 Å². The van der Waals surface area contributed by atoms with Gasteiger partial charge in [0.05, 0.1) is 0 Å². The maximum absolute atomic E-state index is 7.56. The van der Waals surface area contributed by atoms with E-state index in [4.69, 9.17) is 18.6 Å². The molecular formula is C27H36O4Si. The standard InChI is InChI=1S/C27H36O4Si/c1-7-19-18-27(19)23(22-24(30-27)29-26(5,6)28-22)31-32(25(2,3)4,20-14-10-8-11-15-20)21-16-12-9-13-17-21/h8-17,19,22-24H,7,18H2,1-6H3/t19-,22?,23+,24+,27-/m1/s1. The Labute approximate surface area is 193 Å². The van der Waals surface area contributed by atoms with Crippen molar-refractivity contribution in [3.63, 3.8) is 0 Å². The predicted octanol–water partition coefficient (Wildman–Crippen LogP) is 4.61. The molecule has 5 heteroatoms. The predicted molar refractivity (Wildman–Crippen MR) is 129 cm³/mol. The Kier molecular flexibility index (Phi) is 5.23. The summed E-state index contributed by atoms with van der Waals surface area (Å²) < 4.78 is 26.8. The second-order valence-electron chi connectivity index (χ2n) is 11.1. The monoisotopic (exact) mass is 452 g/mol. The third-order valence-corrected chi connectivity index (χ3v) is 12.5. The zero-order valence-electron chi connectivity index (χ0n) is 20.1. The van der Waals surface area contributed by atoms with E-state index in [2.05, 4.69) is 88.4 Å². The average Bonchev–Trinajstić information content (AvgIpc) is 3.28. The van der Waals surface area contributed by atoms with Gasteiger partial charge in [-0.2, -0.15) is 0 Å². The first-order valence-electron chi connectivity index (χ1n) is 12.0. The van der Waals surface area contributed by atoms with Crippen LogP contribution in [0.25, 0.3) is 0 Å². The van der Waals surface area contributed by atoms with Crippen molar-refractivity contribution in [3.05, 3.63) is 60.7 Å². The molecule has 3 fully saturated rings. The fraction of sp³-hybridized carbons (Fsp3) is 0.556. The van der Waals surface area contributed by atoms with E-state index in [0.717, 1.165) is 12.8 Å². The van der Waals surface area contributed by atoms with Crippen LogP contribution in [-0.2, 0) is 18.6 Å². The van der Waals surface area contributed by atoms with Crippen LogP contribution in [0.15, 0.2) is 60.7 Å². The summed E-state index contributed by atoms with van der Waals surface area (Å²) in [5, 5.41) is 2.47. The molecule has 32 heavy (non-hydrogen) atoms. The SMILES string of the molecule is CC[C@@H]1C[C@@]12O[C@@H]1OC(C)(C)OC1[C@@H]2O[Si](c1ccccc1)(c1ccccc1)C(C)(C)C. The van der Waals surface area contributed by atoms with E-state index in [1.54, 1.807) is 0 Å². The number of hydrogen-bond acceptors (Lipinski definition) is 4. The summed E-state index contributed by atoms with van der Waals surface area (Å²) in [4.78, 5) is 0. The second-order valence-corrected chi connectivity index (χ2v) is 15.3. The highest BCUT2D eigenvalue weighted by molar-refractivity contribution is 6.99. The van der Waals surface area contributed by atoms with E-state index in [-0.39, 0.29) is 29.1 Å². The fourth-order valence-electron chi connectivity index (χ4n) is 5.97. The van der Waals surface area contributed by atoms with E-state index >= 15 is 0 Å². The van der Waals surface area contributed by atoms with Gasteiger partial charge in [0.1, 0.15) is 17.8 Å². The average molecular weight is 453 g/mol. The highest BCUT2D eigenvalue weighted by Gasteiger charge is 2.73. The Morgan fingerprint density at radius 1 is 0.906 bits per heavy atom. The van der Waals surface area contributed by atoms with Crippen molar-refractivity contribution in [2.45, 2.75) is 89.3 Å². The van der Waals surface area contributed by atoms with Crippen molar-refractivity contribution in [1.82, 2.24) is 0 Å². The smallest absolute Gasteiger partial charge is 0.261 e. The molecular weight excluding hydrogens is 416 g/mol. The Morgan fingerprint density at radius 2 is 1.47 bits per heavy atom. The molecule has 2 aromatic carbocycles. The lowest BCUT2D eigenvalue weighted by molar-refractivity contribution is -0.221. The molecule has 2 saturated heterocycles. The third kappa shape index (κ3) is 3.33. The molecule has 4 nitrogen and oxygen atoms in total. The van der Waals surface area contributed by atoms with Gasteiger partial charge in [0.2, 0.25) is 0 Å². The van der Waals surface area contributed by atoms with E-state index in [1.807, 2.05) is 13.8 Å². The molecule has 1 unspecified atom stereocenters. The molecule has 1 spiro atoms. The van der Waals surface area contributed by atoms with Gasteiger partial charge in [0.15, 0.2) is 12.1 Å². The lowest BCUT2D eigenvalue weighted by atomic mass is 10.1. The van der Waals surface area contributed by atoms with Gasteiger partial charge in [-0.1, -0.05) is 94.8 Å². The summed E-state index contributed by atoms with van der Waals surface area (Å²) in [5.41, 5.74) is -0.312. The summed E-state index contributed by atoms with van der Waals surface area (Å²) in [7, 11) is -2.73. The molecule has 0 aromatic heterocycles. The Balaban J connectivity index is 1.66. The van der Waals surface area contributed by atoms with E-state index < -0.39 is 14.1 Å². The highest BCUT2D eigenvalue weighted by atomic mass is 28.4. The topological polar surface area (TPSA) is 36.9 Å². The van der Waals surface area contributed by atoms with E-state index in [9.17, 15) is 0 Å². The van der Waals surface area contributed by atoms with Gasteiger partial charge in [0, 0.05) is 0 Å². The normalized spacial score (nSPS) is 33.4. The molecule has 1 aliphatic carbocycles. The van der Waals surface area contributed by atoms with Gasteiger partial charge >= 0.3 is 0 Å². The lowest BCUT2D eigenvalue weighted by Crippen LogP contribution is -2.69. The number of hydrogen-bond donors (Lipinski definition) is 0. The van der Waals surface area contributed by atoms with Crippen molar-refractivity contribution in [1.29, 1.82) is 0 Å². The summed E-state index contributed by atoms with van der Waals surface area (Å²) >= 11 is 0. The summed E-state index contributed by atoms with van der Waals surface area (Å²) in [5.74, 6) is -0.188. The quantitative estimate of drug-likeness (QED) is 0.621. The van der Waals surface area contributed by atoms with Crippen molar-refractivity contribution in [2.24, 2.45) is 5.92 Å². The van der Waals surface area contributed by atoms with Gasteiger partial charge in [-0.15, -0.1) is 0 Å². The Bertz CT molecular complexity index is 915. The summed E-state index contributed by atoms with van der Waals surface area (Å²) in [6.45, 7) is 13.1. The highest BCUT2D eigenvalue weighted by Crippen LogP contribution is 2.61. The van der Waals surface area contributed by atoms with Gasteiger partial charge in [0.25, 0.3) is 8.32 Å². The van der Waals surface area contributed by atoms with Crippen LogP contribution in [0.5, 0.6) is 0 Å². The Morgan fingerprint density at radius 3 is 1.94 bits per heavy atom. The summed E-state index contributed by atoms with van der Waals surface area (Å²) in [6.07, 6.45) is 1.33. The first-order valence-corrected chi connectivity index (χ1v) is 13.9. The summed E-state index contributed by atoms with van der Waals surface area (Å²) in [6, 6.07) is 21.6. The molecule has 2 aromatic rings. The second kappa shape index (κ2) is 7.50. The molecule has 0 amide bonds. The zero-order chi connectivity index (χ0) is 22.8. The van der Waals surface area contributed by atoms with Crippen molar-refractivity contribution in [2.75, 3.05) is 0 Å². The van der Waals surface area contributed by atoms with Crippen LogP contribution in [0.2, 0.25) is 5.04 Å². The van der Waals surface area contributed by atoms with Crippen molar-refractivity contribution in [3.8, 4) is 0 Å².